The zero-order valence-electron chi connectivity index (χ0n) is 9.63. The molecule has 0 saturated heterocycles. The molecule has 1 aliphatic rings. The molecular formula is C12H12ClI3O2. The minimum Gasteiger partial charge on any atom is -0.485 e. The molecule has 1 aromatic carbocycles. The third-order valence-electron chi connectivity index (χ3n) is 2.77. The Labute approximate surface area is 153 Å². The van der Waals surface area contributed by atoms with Crippen molar-refractivity contribution in [1.29, 1.82) is 0 Å². The van der Waals surface area contributed by atoms with Crippen molar-refractivity contribution in [3.63, 3.8) is 0 Å². The van der Waals surface area contributed by atoms with E-state index in [0.29, 0.717) is 6.61 Å². The van der Waals surface area contributed by atoms with Gasteiger partial charge in [0.05, 0.1) is 12.5 Å². The molecule has 1 aliphatic carbocycles. The van der Waals surface area contributed by atoms with Gasteiger partial charge in [-0.2, -0.15) is 0 Å². The number of halogens is 4. The van der Waals surface area contributed by atoms with Gasteiger partial charge in [-0.1, -0.05) is 0 Å². The van der Waals surface area contributed by atoms with Crippen molar-refractivity contribution in [1.82, 2.24) is 0 Å². The van der Waals surface area contributed by atoms with Gasteiger partial charge in [0.2, 0.25) is 0 Å². The maximum Gasteiger partial charge on any atom is 0.146 e. The Balaban J connectivity index is 2.10. The van der Waals surface area contributed by atoms with Crippen LogP contribution in [0.25, 0.3) is 0 Å². The molecule has 0 aliphatic heterocycles. The van der Waals surface area contributed by atoms with Gasteiger partial charge in [0.15, 0.2) is 0 Å². The molecule has 0 radical (unpaired) electrons. The Bertz CT molecular complexity index is 418. The molecule has 0 N–H and O–H groups in total. The van der Waals surface area contributed by atoms with Crippen molar-refractivity contribution in [3.8, 4) is 5.75 Å². The summed E-state index contributed by atoms with van der Waals surface area (Å²) in [5, 5.41) is 0.0779. The van der Waals surface area contributed by atoms with Gasteiger partial charge in [-0.05, 0) is 86.8 Å². The van der Waals surface area contributed by atoms with E-state index in [2.05, 4.69) is 79.9 Å². The lowest BCUT2D eigenvalue weighted by atomic mass is 9.91. The van der Waals surface area contributed by atoms with Crippen LogP contribution < -0.4 is 4.74 Å². The van der Waals surface area contributed by atoms with Crippen LogP contribution in [0.1, 0.15) is 13.3 Å². The van der Waals surface area contributed by atoms with Crippen LogP contribution >= 0.6 is 79.4 Å². The van der Waals surface area contributed by atoms with Crippen LogP contribution in [0.4, 0.5) is 0 Å². The smallest absolute Gasteiger partial charge is 0.146 e. The first kappa shape index (κ1) is 15.8. The summed E-state index contributed by atoms with van der Waals surface area (Å²) in [6, 6.07) is 4.23. The fourth-order valence-electron chi connectivity index (χ4n) is 1.84. The molecule has 100 valence electrons. The molecule has 0 heterocycles. The van der Waals surface area contributed by atoms with Gasteiger partial charge in [0.25, 0.3) is 0 Å². The van der Waals surface area contributed by atoms with Crippen LogP contribution in [0.5, 0.6) is 5.75 Å². The molecule has 2 rings (SSSR count). The van der Waals surface area contributed by atoms with Crippen molar-refractivity contribution in [3.05, 3.63) is 22.8 Å². The molecule has 0 bridgehead atoms. The molecule has 3 atom stereocenters. The van der Waals surface area contributed by atoms with Crippen LogP contribution in [0.3, 0.4) is 0 Å². The van der Waals surface area contributed by atoms with Crippen molar-refractivity contribution in [2.45, 2.75) is 30.9 Å². The predicted molar refractivity (Wildman–Crippen MR) is 98.7 cm³/mol. The number of alkyl halides is 1. The normalized spacial score (nSPS) is 26.8. The average molecular weight is 604 g/mol. The van der Waals surface area contributed by atoms with Crippen LogP contribution in [0.2, 0.25) is 0 Å². The van der Waals surface area contributed by atoms with E-state index in [9.17, 15) is 0 Å². The SMILES string of the molecule is CCOC1C(Cl)CC1Oc1c(I)cc(I)cc1I. The lowest BCUT2D eigenvalue weighted by Crippen LogP contribution is -2.52. The predicted octanol–water partition coefficient (Wildman–Crippen LogP) is 4.66. The van der Waals surface area contributed by atoms with E-state index in [1.807, 2.05) is 6.92 Å². The number of benzene rings is 1. The third kappa shape index (κ3) is 3.56. The van der Waals surface area contributed by atoms with Gasteiger partial charge in [-0.3, -0.25) is 0 Å². The second-order valence-corrected chi connectivity index (χ2v) is 8.16. The Morgan fingerprint density at radius 1 is 1.28 bits per heavy atom. The third-order valence-corrected chi connectivity index (χ3v) is 5.42. The molecule has 2 nitrogen and oxygen atoms in total. The first-order valence-electron chi connectivity index (χ1n) is 5.59. The topological polar surface area (TPSA) is 18.5 Å². The highest BCUT2D eigenvalue weighted by molar-refractivity contribution is 14.1. The molecule has 3 unspecified atom stereocenters. The molecule has 1 aromatic rings. The van der Waals surface area contributed by atoms with Crippen molar-refractivity contribution >= 4 is 79.4 Å². The Hall–Kier alpha value is 1.46. The fraction of sp³-hybridized carbons (Fsp3) is 0.500. The van der Waals surface area contributed by atoms with E-state index < -0.39 is 0 Å². The van der Waals surface area contributed by atoms with E-state index in [1.54, 1.807) is 0 Å². The van der Waals surface area contributed by atoms with Gasteiger partial charge in [0, 0.05) is 16.6 Å². The summed E-state index contributed by atoms with van der Waals surface area (Å²) >= 11 is 13.1. The largest absolute Gasteiger partial charge is 0.485 e. The van der Waals surface area contributed by atoms with Crippen molar-refractivity contribution in [2.24, 2.45) is 0 Å². The second kappa shape index (κ2) is 6.95. The molecule has 0 aromatic heterocycles. The lowest BCUT2D eigenvalue weighted by Gasteiger charge is -2.40. The zero-order chi connectivity index (χ0) is 13.3. The number of ether oxygens (including phenoxy) is 2. The van der Waals surface area contributed by atoms with E-state index in [0.717, 1.165) is 19.3 Å². The van der Waals surface area contributed by atoms with Crippen molar-refractivity contribution in [2.75, 3.05) is 6.61 Å². The quantitative estimate of drug-likeness (QED) is 0.368. The van der Waals surface area contributed by atoms with Gasteiger partial charge in [0.1, 0.15) is 18.0 Å². The first-order chi connectivity index (χ1) is 8.52. The van der Waals surface area contributed by atoms with Gasteiger partial charge < -0.3 is 9.47 Å². The van der Waals surface area contributed by atoms with E-state index in [1.165, 1.54) is 3.57 Å². The highest BCUT2D eigenvalue weighted by atomic mass is 127. The Kier molecular flexibility index (Phi) is 6.11. The summed E-state index contributed by atoms with van der Waals surface area (Å²) in [7, 11) is 0. The number of rotatable bonds is 4. The number of hydrogen-bond acceptors (Lipinski definition) is 2. The van der Waals surface area contributed by atoms with Crippen molar-refractivity contribution < 1.29 is 9.47 Å². The molecular weight excluding hydrogens is 592 g/mol. The molecule has 1 fully saturated rings. The van der Waals surface area contributed by atoms with Crippen LogP contribution in [-0.2, 0) is 4.74 Å². The highest BCUT2D eigenvalue weighted by Crippen LogP contribution is 2.37. The Morgan fingerprint density at radius 2 is 1.89 bits per heavy atom. The molecule has 0 amide bonds. The summed E-state index contributed by atoms with van der Waals surface area (Å²) in [6.07, 6.45) is 0.946. The van der Waals surface area contributed by atoms with Gasteiger partial charge in [-0.25, -0.2) is 0 Å². The van der Waals surface area contributed by atoms with Gasteiger partial charge in [-0.15, -0.1) is 11.6 Å². The summed E-state index contributed by atoms with van der Waals surface area (Å²) in [5.41, 5.74) is 0. The summed E-state index contributed by atoms with van der Waals surface area (Å²) in [4.78, 5) is 0. The summed E-state index contributed by atoms with van der Waals surface area (Å²) in [5.74, 6) is 0.954. The van der Waals surface area contributed by atoms with E-state index in [-0.39, 0.29) is 17.6 Å². The minimum atomic E-state index is 0.0162. The maximum atomic E-state index is 6.15. The van der Waals surface area contributed by atoms with E-state index >= 15 is 0 Å². The first-order valence-corrected chi connectivity index (χ1v) is 9.27. The molecule has 1 saturated carbocycles. The van der Waals surface area contributed by atoms with E-state index in [4.69, 9.17) is 21.1 Å². The van der Waals surface area contributed by atoms with Crippen LogP contribution in [-0.4, -0.2) is 24.2 Å². The Morgan fingerprint density at radius 3 is 2.39 bits per heavy atom. The monoisotopic (exact) mass is 604 g/mol. The number of hydrogen-bond donors (Lipinski definition) is 0. The summed E-state index contributed by atoms with van der Waals surface area (Å²) in [6.45, 7) is 2.66. The fourth-order valence-corrected chi connectivity index (χ4v) is 6.09. The standard InChI is InChI=1S/C12H12ClI3O2/c1-2-17-11-7(13)5-10(11)18-12-8(15)3-6(14)4-9(12)16/h3-4,7,10-11H,2,5H2,1H3. The van der Waals surface area contributed by atoms with Crippen LogP contribution in [0.15, 0.2) is 12.1 Å². The lowest BCUT2D eigenvalue weighted by molar-refractivity contribution is -0.0765. The van der Waals surface area contributed by atoms with Gasteiger partial charge >= 0.3 is 0 Å². The van der Waals surface area contributed by atoms with Crippen LogP contribution in [0, 0.1) is 10.7 Å². The zero-order valence-corrected chi connectivity index (χ0v) is 16.9. The molecule has 0 spiro atoms. The maximum absolute atomic E-state index is 6.15. The minimum absolute atomic E-state index is 0.0162. The summed E-state index contributed by atoms with van der Waals surface area (Å²) < 4.78 is 15.2. The second-order valence-electron chi connectivity index (χ2n) is 4.03. The highest BCUT2D eigenvalue weighted by Gasteiger charge is 2.43. The molecule has 6 heteroatoms. The average Bonchev–Trinajstić information content (AvgIpc) is 2.29. The molecule has 18 heavy (non-hydrogen) atoms.